The van der Waals surface area contributed by atoms with Crippen LogP contribution >= 0.6 is 0 Å². The number of hydrogen-bond donors (Lipinski definition) is 1. The van der Waals surface area contributed by atoms with E-state index in [2.05, 4.69) is 11.0 Å². The van der Waals surface area contributed by atoms with E-state index in [0.717, 1.165) is 42.6 Å². The highest BCUT2D eigenvalue weighted by Crippen LogP contribution is 2.29. The first-order chi connectivity index (χ1) is 9.20. The SMILES string of the molecule is Cn1c(=O)cc(N2CCC(CN)C2)c2ccccc21. The van der Waals surface area contributed by atoms with Crippen molar-refractivity contribution < 1.29 is 0 Å². The highest BCUT2D eigenvalue weighted by molar-refractivity contribution is 5.92. The third kappa shape index (κ3) is 2.02. The largest absolute Gasteiger partial charge is 0.370 e. The van der Waals surface area contributed by atoms with Gasteiger partial charge in [0.1, 0.15) is 0 Å². The molecule has 1 unspecified atom stereocenters. The number of hydrogen-bond acceptors (Lipinski definition) is 3. The third-order valence-electron chi connectivity index (χ3n) is 4.09. The predicted octanol–water partition coefficient (Wildman–Crippen LogP) is 1.32. The van der Waals surface area contributed by atoms with Crippen molar-refractivity contribution >= 4 is 16.6 Å². The molecule has 1 fully saturated rings. The summed E-state index contributed by atoms with van der Waals surface area (Å²) in [7, 11) is 1.82. The van der Waals surface area contributed by atoms with Crippen molar-refractivity contribution in [2.45, 2.75) is 6.42 Å². The maximum Gasteiger partial charge on any atom is 0.252 e. The fourth-order valence-corrected chi connectivity index (χ4v) is 2.90. The molecule has 0 saturated carbocycles. The third-order valence-corrected chi connectivity index (χ3v) is 4.09. The highest BCUT2D eigenvalue weighted by Gasteiger charge is 2.23. The maximum atomic E-state index is 12.1. The van der Waals surface area contributed by atoms with Crippen LogP contribution in [-0.4, -0.2) is 24.2 Å². The summed E-state index contributed by atoms with van der Waals surface area (Å²) in [5, 5.41) is 1.14. The molecule has 1 atom stereocenters. The number of aromatic nitrogens is 1. The van der Waals surface area contributed by atoms with Crippen molar-refractivity contribution in [3.63, 3.8) is 0 Å². The van der Waals surface area contributed by atoms with E-state index in [9.17, 15) is 4.79 Å². The molecule has 1 aromatic carbocycles. The van der Waals surface area contributed by atoms with E-state index in [4.69, 9.17) is 5.73 Å². The molecule has 19 heavy (non-hydrogen) atoms. The fourth-order valence-electron chi connectivity index (χ4n) is 2.90. The topological polar surface area (TPSA) is 51.3 Å². The van der Waals surface area contributed by atoms with Crippen LogP contribution in [0, 0.1) is 5.92 Å². The van der Waals surface area contributed by atoms with Gasteiger partial charge >= 0.3 is 0 Å². The molecule has 0 aliphatic carbocycles. The molecule has 0 amide bonds. The van der Waals surface area contributed by atoms with Gasteiger partial charge in [0.15, 0.2) is 0 Å². The van der Waals surface area contributed by atoms with Gasteiger partial charge in [-0.05, 0) is 24.9 Å². The number of benzene rings is 1. The van der Waals surface area contributed by atoms with Crippen LogP contribution in [0.5, 0.6) is 0 Å². The molecule has 1 aliphatic rings. The standard InChI is InChI=1S/C15H19N3O/c1-17-13-5-3-2-4-12(13)14(8-15(17)19)18-7-6-11(9-16)10-18/h2-5,8,11H,6-7,9-10,16H2,1H3. The molecule has 0 radical (unpaired) electrons. The van der Waals surface area contributed by atoms with Crippen LogP contribution in [0.3, 0.4) is 0 Å². The van der Waals surface area contributed by atoms with Crippen molar-refractivity contribution in [3.8, 4) is 0 Å². The maximum absolute atomic E-state index is 12.1. The molecule has 0 bridgehead atoms. The van der Waals surface area contributed by atoms with Crippen LogP contribution in [0.4, 0.5) is 5.69 Å². The van der Waals surface area contributed by atoms with E-state index >= 15 is 0 Å². The van der Waals surface area contributed by atoms with Crippen molar-refractivity contribution in [2.24, 2.45) is 18.7 Å². The first-order valence-corrected chi connectivity index (χ1v) is 6.74. The number of para-hydroxylation sites is 1. The van der Waals surface area contributed by atoms with Gasteiger partial charge in [-0.1, -0.05) is 18.2 Å². The lowest BCUT2D eigenvalue weighted by molar-refractivity contribution is 0.603. The van der Waals surface area contributed by atoms with Crippen molar-refractivity contribution in [1.29, 1.82) is 0 Å². The molecule has 100 valence electrons. The molecule has 4 nitrogen and oxygen atoms in total. The van der Waals surface area contributed by atoms with E-state index in [1.807, 2.05) is 25.2 Å². The van der Waals surface area contributed by atoms with Crippen LogP contribution in [0.25, 0.3) is 10.9 Å². The van der Waals surface area contributed by atoms with E-state index in [1.54, 1.807) is 10.6 Å². The summed E-state index contributed by atoms with van der Waals surface area (Å²) in [5.74, 6) is 0.544. The predicted molar refractivity (Wildman–Crippen MR) is 78.6 cm³/mol. The Kier molecular flexibility index (Phi) is 3.03. The average molecular weight is 257 g/mol. The molecule has 2 heterocycles. The van der Waals surface area contributed by atoms with Crippen molar-refractivity contribution in [2.75, 3.05) is 24.5 Å². The van der Waals surface area contributed by atoms with Crippen LogP contribution in [0.15, 0.2) is 35.1 Å². The zero-order valence-electron chi connectivity index (χ0n) is 11.2. The number of nitrogens with zero attached hydrogens (tertiary/aromatic N) is 2. The minimum atomic E-state index is 0.0462. The summed E-state index contributed by atoms with van der Waals surface area (Å²) in [4.78, 5) is 14.4. The number of fused-ring (bicyclic) bond motifs is 1. The van der Waals surface area contributed by atoms with E-state index in [1.165, 1.54) is 0 Å². The first kappa shape index (κ1) is 12.2. The Labute approximate surface area is 112 Å². The Morgan fingerprint density at radius 2 is 2.16 bits per heavy atom. The van der Waals surface area contributed by atoms with Crippen LogP contribution in [0.2, 0.25) is 0 Å². The van der Waals surface area contributed by atoms with E-state index < -0.39 is 0 Å². The minimum absolute atomic E-state index is 0.0462. The van der Waals surface area contributed by atoms with Crippen LogP contribution < -0.4 is 16.2 Å². The first-order valence-electron chi connectivity index (χ1n) is 6.74. The Balaban J connectivity index is 2.14. The van der Waals surface area contributed by atoms with Crippen LogP contribution in [-0.2, 0) is 7.05 Å². The van der Waals surface area contributed by atoms with Crippen LogP contribution in [0.1, 0.15) is 6.42 Å². The zero-order chi connectivity index (χ0) is 13.4. The Morgan fingerprint density at radius 3 is 2.89 bits per heavy atom. The monoisotopic (exact) mass is 257 g/mol. The number of pyridine rings is 1. The quantitative estimate of drug-likeness (QED) is 0.883. The summed E-state index contributed by atoms with van der Waals surface area (Å²) in [6.45, 7) is 2.66. The van der Waals surface area contributed by atoms with Gasteiger partial charge in [0.05, 0.1) is 11.2 Å². The summed E-state index contributed by atoms with van der Waals surface area (Å²) >= 11 is 0. The summed E-state index contributed by atoms with van der Waals surface area (Å²) in [6, 6.07) is 9.82. The Hall–Kier alpha value is -1.81. The lowest BCUT2D eigenvalue weighted by Gasteiger charge is -2.21. The second kappa shape index (κ2) is 4.70. The van der Waals surface area contributed by atoms with Gasteiger partial charge in [0, 0.05) is 31.6 Å². The molecule has 3 rings (SSSR count). The number of nitrogens with two attached hydrogens (primary N) is 1. The summed E-state index contributed by atoms with van der Waals surface area (Å²) < 4.78 is 1.70. The lowest BCUT2D eigenvalue weighted by Crippen LogP contribution is -2.26. The van der Waals surface area contributed by atoms with Gasteiger partial charge in [0.25, 0.3) is 5.56 Å². The average Bonchev–Trinajstić information content (AvgIpc) is 2.91. The molecule has 2 aromatic rings. The molecule has 1 aliphatic heterocycles. The lowest BCUT2D eigenvalue weighted by atomic mass is 10.1. The zero-order valence-corrected chi connectivity index (χ0v) is 11.2. The second-order valence-corrected chi connectivity index (χ2v) is 5.28. The number of anilines is 1. The molecule has 2 N–H and O–H groups in total. The molecule has 1 aromatic heterocycles. The van der Waals surface area contributed by atoms with E-state index in [0.29, 0.717) is 5.92 Å². The molecular weight excluding hydrogens is 238 g/mol. The smallest absolute Gasteiger partial charge is 0.252 e. The van der Waals surface area contributed by atoms with Crippen molar-refractivity contribution in [3.05, 3.63) is 40.7 Å². The highest BCUT2D eigenvalue weighted by atomic mass is 16.1. The van der Waals surface area contributed by atoms with Gasteiger partial charge < -0.3 is 15.2 Å². The van der Waals surface area contributed by atoms with Gasteiger partial charge in [-0.15, -0.1) is 0 Å². The molecule has 4 heteroatoms. The number of aryl methyl sites for hydroxylation is 1. The minimum Gasteiger partial charge on any atom is -0.370 e. The van der Waals surface area contributed by atoms with Gasteiger partial charge in [-0.3, -0.25) is 4.79 Å². The summed E-state index contributed by atoms with van der Waals surface area (Å²) in [6.07, 6.45) is 1.11. The molecular formula is C15H19N3O. The van der Waals surface area contributed by atoms with E-state index in [-0.39, 0.29) is 5.56 Å². The molecule has 1 saturated heterocycles. The van der Waals surface area contributed by atoms with Gasteiger partial charge in [-0.2, -0.15) is 0 Å². The summed E-state index contributed by atoms with van der Waals surface area (Å²) in [5.41, 5.74) is 7.83. The normalized spacial score (nSPS) is 19.3. The van der Waals surface area contributed by atoms with Gasteiger partial charge in [0.2, 0.25) is 0 Å². The second-order valence-electron chi connectivity index (χ2n) is 5.28. The Bertz CT molecular complexity index is 662. The number of rotatable bonds is 2. The fraction of sp³-hybridized carbons (Fsp3) is 0.400. The molecule has 0 spiro atoms. The Morgan fingerprint density at radius 1 is 1.37 bits per heavy atom. The van der Waals surface area contributed by atoms with Crippen molar-refractivity contribution in [1.82, 2.24) is 4.57 Å². The van der Waals surface area contributed by atoms with Gasteiger partial charge in [-0.25, -0.2) is 0 Å².